The monoisotopic (exact) mass is 616 g/mol. The van der Waals surface area contributed by atoms with Crippen LogP contribution in [-0.2, 0) is 19.5 Å². The van der Waals surface area contributed by atoms with Gasteiger partial charge in [0, 0.05) is 12.1 Å². The predicted octanol–water partition coefficient (Wildman–Crippen LogP) is -0.991. The Morgan fingerprint density at radius 1 is 0.902 bits per heavy atom. The molecular formula is C22H14N6Na2O9S2. The standard InChI is InChI=1S/C22H16N6O9S2.2Na/c23-19-18-12(9-16(38-37-36-32)20(22(18)29)26-24-13-5-2-1-3-6-13)10-17(39(33,34)35)21(19)27-25-14-7-4-8-15(11-14)28(30)31;;/h1-11,29,32H,23H2,(H,33,34,35);;/q;2*+1/p-2. The number of aromatic hydroxyl groups is 1. The van der Waals surface area contributed by atoms with Crippen LogP contribution in [0.25, 0.3) is 10.8 Å². The Kier molecular flexibility index (Phi) is 12.8. The van der Waals surface area contributed by atoms with E-state index in [0.717, 1.165) is 12.1 Å². The van der Waals surface area contributed by atoms with Crippen LogP contribution in [-0.4, -0.2) is 23.0 Å². The van der Waals surface area contributed by atoms with Crippen molar-refractivity contribution in [2.24, 2.45) is 20.5 Å². The number of rotatable bonds is 9. The van der Waals surface area contributed by atoms with E-state index in [4.69, 9.17) is 5.73 Å². The number of anilines is 1. The Hall–Kier alpha value is -2.52. The maximum Gasteiger partial charge on any atom is 1.00 e. The first-order valence-electron chi connectivity index (χ1n) is 10.4. The summed E-state index contributed by atoms with van der Waals surface area (Å²) in [5, 5.41) is 51.2. The molecule has 4 aromatic carbocycles. The van der Waals surface area contributed by atoms with Crippen molar-refractivity contribution >= 4 is 67.1 Å². The van der Waals surface area contributed by atoms with Gasteiger partial charge in [0.2, 0.25) is 0 Å². The summed E-state index contributed by atoms with van der Waals surface area (Å²) in [5.74, 6) is -0.622. The van der Waals surface area contributed by atoms with E-state index < -0.39 is 37.1 Å². The number of nitro groups is 1. The van der Waals surface area contributed by atoms with Crippen molar-refractivity contribution in [3.8, 4) is 5.75 Å². The molecule has 0 heterocycles. The predicted molar refractivity (Wildman–Crippen MR) is 134 cm³/mol. The van der Waals surface area contributed by atoms with Crippen molar-refractivity contribution in [1.29, 1.82) is 0 Å². The topological polar surface area (TPSA) is 238 Å². The molecule has 0 radical (unpaired) electrons. The molecule has 0 saturated heterocycles. The third kappa shape index (κ3) is 8.28. The van der Waals surface area contributed by atoms with E-state index >= 15 is 0 Å². The van der Waals surface area contributed by atoms with Crippen LogP contribution in [0.2, 0.25) is 0 Å². The summed E-state index contributed by atoms with van der Waals surface area (Å²) in [6.45, 7) is 0. The van der Waals surface area contributed by atoms with E-state index in [2.05, 4.69) is 29.8 Å². The van der Waals surface area contributed by atoms with E-state index in [1.165, 1.54) is 24.3 Å². The fraction of sp³-hybridized carbons (Fsp3) is 0. The number of phenols is 1. The zero-order chi connectivity index (χ0) is 28.2. The zero-order valence-electron chi connectivity index (χ0n) is 21.2. The minimum Gasteiger partial charge on any atom is -0.744 e. The summed E-state index contributed by atoms with van der Waals surface area (Å²) in [6, 6.07) is 15.4. The van der Waals surface area contributed by atoms with E-state index in [-0.39, 0.29) is 91.8 Å². The number of phenolic OH excluding ortho intramolecular Hbond substituents is 1. The molecule has 0 aromatic heterocycles. The van der Waals surface area contributed by atoms with Gasteiger partial charge in [0.25, 0.3) is 5.69 Å². The number of benzene rings is 4. The number of nitro benzene ring substituents is 1. The molecule has 41 heavy (non-hydrogen) atoms. The molecule has 0 spiro atoms. The van der Waals surface area contributed by atoms with Crippen LogP contribution in [0.15, 0.2) is 97.0 Å². The van der Waals surface area contributed by atoms with Crippen LogP contribution in [0.3, 0.4) is 0 Å². The molecule has 0 aliphatic rings. The van der Waals surface area contributed by atoms with Gasteiger partial charge >= 0.3 is 59.1 Å². The number of nitrogens with zero attached hydrogens (tertiary/aromatic N) is 5. The largest absolute Gasteiger partial charge is 1.00 e. The number of nitrogen functional groups attached to an aromatic ring is 1. The van der Waals surface area contributed by atoms with Crippen molar-refractivity contribution in [2.75, 3.05) is 5.73 Å². The van der Waals surface area contributed by atoms with Crippen LogP contribution in [0, 0.1) is 10.1 Å². The van der Waals surface area contributed by atoms with Crippen LogP contribution >= 0.6 is 12.0 Å². The minimum absolute atomic E-state index is 0. The molecular weight excluding hydrogens is 602 g/mol. The Morgan fingerprint density at radius 3 is 2.17 bits per heavy atom. The molecule has 0 unspecified atom stereocenters. The molecule has 0 aliphatic carbocycles. The summed E-state index contributed by atoms with van der Waals surface area (Å²) in [4.78, 5) is 9.43. The number of azo groups is 2. The molecule has 0 amide bonds. The minimum atomic E-state index is -5.20. The summed E-state index contributed by atoms with van der Waals surface area (Å²) in [5.41, 5.74) is 4.90. The summed E-state index contributed by atoms with van der Waals surface area (Å²) >= 11 is 0.332. The van der Waals surface area contributed by atoms with Gasteiger partial charge in [-0.2, -0.15) is 14.6 Å². The number of fused-ring (bicyclic) bond motifs is 1. The zero-order valence-corrected chi connectivity index (χ0v) is 26.8. The SMILES string of the molecule is Nc1c(N=Nc2cccc([N+](=O)[O-])c2)c(S(=O)(=O)[O-])cc2cc(SOO[O-])c(N=Nc3ccccc3)c(O)c12.[Na+].[Na+]. The second-order valence-electron chi connectivity index (χ2n) is 7.49. The molecule has 0 bridgehead atoms. The molecule has 0 saturated carbocycles. The van der Waals surface area contributed by atoms with E-state index in [9.17, 15) is 33.4 Å². The Morgan fingerprint density at radius 2 is 1.54 bits per heavy atom. The van der Waals surface area contributed by atoms with Crippen molar-refractivity contribution in [3.05, 3.63) is 76.8 Å². The first kappa shape index (κ1) is 34.7. The molecule has 0 aliphatic heterocycles. The average molecular weight is 617 g/mol. The van der Waals surface area contributed by atoms with Gasteiger partial charge in [-0.15, -0.1) is 10.2 Å². The number of nitrogens with two attached hydrogens (primary N) is 1. The molecule has 4 rings (SSSR count). The second-order valence-corrected chi connectivity index (χ2v) is 9.58. The average Bonchev–Trinajstić information content (AvgIpc) is 2.90. The quantitative estimate of drug-likeness (QED) is 0.0338. The van der Waals surface area contributed by atoms with E-state index in [1.54, 1.807) is 30.3 Å². The first-order chi connectivity index (χ1) is 18.6. The van der Waals surface area contributed by atoms with Crippen molar-refractivity contribution in [3.63, 3.8) is 0 Å². The molecule has 15 nitrogen and oxygen atoms in total. The maximum absolute atomic E-state index is 12.1. The van der Waals surface area contributed by atoms with E-state index in [0.29, 0.717) is 17.7 Å². The molecule has 200 valence electrons. The van der Waals surface area contributed by atoms with Gasteiger partial charge in [-0.3, -0.25) is 15.2 Å². The van der Waals surface area contributed by atoms with Gasteiger partial charge in [0.05, 0.1) is 49.2 Å². The van der Waals surface area contributed by atoms with Crippen LogP contribution in [0.4, 0.5) is 34.1 Å². The molecule has 4 aromatic rings. The Labute approximate surface area is 280 Å². The van der Waals surface area contributed by atoms with Gasteiger partial charge in [-0.25, -0.2) is 8.42 Å². The van der Waals surface area contributed by atoms with Crippen molar-refractivity contribution in [1.82, 2.24) is 0 Å². The second kappa shape index (κ2) is 15.1. The molecule has 0 fully saturated rings. The number of hydrogen-bond donors (Lipinski definition) is 2. The third-order valence-corrected chi connectivity index (χ3v) is 6.53. The normalized spacial score (nSPS) is 11.5. The molecule has 3 N–H and O–H groups in total. The molecule has 0 atom stereocenters. The summed E-state index contributed by atoms with van der Waals surface area (Å²) in [6.07, 6.45) is 0. The van der Waals surface area contributed by atoms with Crippen molar-refractivity contribution < 1.29 is 96.7 Å². The number of non-ortho nitro benzene ring substituents is 1. The van der Waals surface area contributed by atoms with Gasteiger partial charge in [0.15, 0.2) is 5.75 Å². The summed E-state index contributed by atoms with van der Waals surface area (Å²) in [7, 11) is -5.20. The van der Waals surface area contributed by atoms with Gasteiger partial charge < -0.3 is 20.7 Å². The van der Waals surface area contributed by atoms with Crippen LogP contribution < -0.4 is 70.1 Å². The number of hydrogen-bond acceptors (Lipinski definition) is 15. The third-order valence-electron chi connectivity index (χ3n) is 5.06. The van der Waals surface area contributed by atoms with Crippen LogP contribution in [0.1, 0.15) is 0 Å². The Bertz CT molecular complexity index is 1740. The van der Waals surface area contributed by atoms with E-state index in [1.807, 2.05) is 0 Å². The Balaban J connectivity index is 0.00000294. The smallest absolute Gasteiger partial charge is 0.744 e. The van der Waals surface area contributed by atoms with Gasteiger partial charge in [-0.1, -0.05) is 24.3 Å². The van der Waals surface area contributed by atoms with Gasteiger partial charge in [-0.05, 0) is 35.7 Å². The van der Waals surface area contributed by atoms with Crippen LogP contribution in [0.5, 0.6) is 5.75 Å². The van der Waals surface area contributed by atoms with Crippen molar-refractivity contribution in [2.45, 2.75) is 9.79 Å². The van der Waals surface area contributed by atoms with Gasteiger partial charge in [0.1, 0.15) is 21.5 Å². The fourth-order valence-corrected chi connectivity index (χ4v) is 4.55. The fourth-order valence-electron chi connectivity index (χ4n) is 3.39. The molecule has 19 heteroatoms. The summed E-state index contributed by atoms with van der Waals surface area (Å²) < 4.78 is 40.6. The first-order valence-corrected chi connectivity index (χ1v) is 12.6. The maximum atomic E-state index is 12.1.